The maximum absolute atomic E-state index is 12.8. The Morgan fingerprint density at radius 3 is 2.55 bits per heavy atom. The number of methoxy groups -OCH3 is 2. The van der Waals surface area contributed by atoms with Gasteiger partial charge in [0.1, 0.15) is 11.5 Å². The highest BCUT2D eigenvalue weighted by Crippen LogP contribution is 2.40. The summed E-state index contributed by atoms with van der Waals surface area (Å²) in [7, 11) is 3.33. The average Bonchev–Trinajstić information content (AvgIpc) is 3.24. The molecule has 2 fully saturated rings. The molecule has 1 aliphatic carbocycles. The molecule has 1 saturated carbocycles. The third-order valence-corrected chi connectivity index (χ3v) is 5.04. The smallest absolute Gasteiger partial charge is 0.226 e. The normalized spacial score (nSPS) is 22.1. The number of carbonyl (C=O) groups is 1. The molecule has 2 aliphatic rings. The maximum Gasteiger partial charge on any atom is 0.226 e. The van der Waals surface area contributed by atoms with Gasteiger partial charge in [-0.2, -0.15) is 0 Å². The Kier molecular flexibility index (Phi) is 4.55. The predicted octanol–water partition coefficient (Wildman–Crippen LogP) is 3.56. The molecule has 0 radical (unpaired) electrons. The summed E-state index contributed by atoms with van der Waals surface area (Å²) in [5.41, 5.74) is 1.10. The van der Waals surface area contributed by atoms with Crippen molar-refractivity contribution in [3.8, 4) is 11.5 Å². The van der Waals surface area contributed by atoms with Gasteiger partial charge in [-0.15, -0.1) is 0 Å². The summed E-state index contributed by atoms with van der Waals surface area (Å²) >= 11 is 0. The van der Waals surface area contributed by atoms with Crippen molar-refractivity contribution < 1.29 is 14.3 Å². The predicted molar refractivity (Wildman–Crippen MR) is 85.2 cm³/mol. The van der Waals surface area contributed by atoms with Gasteiger partial charge < -0.3 is 14.4 Å². The fraction of sp³-hybridized carbons (Fsp3) is 0.611. The fourth-order valence-corrected chi connectivity index (χ4v) is 3.85. The van der Waals surface area contributed by atoms with Crippen LogP contribution in [0, 0.1) is 5.92 Å². The number of hydrogen-bond donors (Lipinski definition) is 0. The zero-order valence-electron chi connectivity index (χ0n) is 13.5. The van der Waals surface area contributed by atoms with Crippen LogP contribution < -0.4 is 9.47 Å². The summed E-state index contributed by atoms with van der Waals surface area (Å²) in [4.78, 5) is 14.9. The molecule has 0 N–H and O–H groups in total. The Bertz CT molecular complexity index is 537. The monoisotopic (exact) mass is 303 g/mol. The molecule has 0 bridgehead atoms. The van der Waals surface area contributed by atoms with E-state index < -0.39 is 0 Å². The van der Waals surface area contributed by atoms with E-state index in [1.807, 2.05) is 18.2 Å². The van der Waals surface area contributed by atoms with Gasteiger partial charge in [-0.3, -0.25) is 4.79 Å². The van der Waals surface area contributed by atoms with Gasteiger partial charge in [-0.25, -0.2) is 0 Å². The van der Waals surface area contributed by atoms with Gasteiger partial charge in [-0.1, -0.05) is 12.8 Å². The minimum Gasteiger partial charge on any atom is -0.497 e. The molecule has 1 aliphatic heterocycles. The molecule has 1 aromatic rings. The van der Waals surface area contributed by atoms with Crippen LogP contribution in [0.5, 0.6) is 11.5 Å². The van der Waals surface area contributed by atoms with Crippen molar-refractivity contribution in [2.24, 2.45) is 5.92 Å². The molecule has 4 heteroatoms. The summed E-state index contributed by atoms with van der Waals surface area (Å²) in [5, 5.41) is 0. The Morgan fingerprint density at radius 1 is 1.09 bits per heavy atom. The second-order valence-electron chi connectivity index (χ2n) is 6.28. The third-order valence-electron chi connectivity index (χ3n) is 5.04. The number of benzene rings is 1. The van der Waals surface area contributed by atoms with E-state index in [-0.39, 0.29) is 12.0 Å². The van der Waals surface area contributed by atoms with Gasteiger partial charge in [0, 0.05) is 24.1 Å². The summed E-state index contributed by atoms with van der Waals surface area (Å²) in [6, 6.07) is 6.05. The lowest BCUT2D eigenvalue weighted by molar-refractivity contribution is -0.136. The average molecular weight is 303 g/mol. The lowest BCUT2D eigenvalue weighted by atomic mass is 10.0. The summed E-state index contributed by atoms with van der Waals surface area (Å²) in [6.07, 6.45) is 6.59. The minimum absolute atomic E-state index is 0.147. The first-order chi connectivity index (χ1) is 10.7. The fourth-order valence-electron chi connectivity index (χ4n) is 3.85. The largest absolute Gasteiger partial charge is 0.497 e. The van der Waals surface area contributed by atoms with Gasteiger partial charge in [0.15, 0.2) is 0 Å². The topological polar surface area (TPSA) is 38.8 Å². The van der Waals surface area contributed by atoms with Crippen LogP contribution in [0.2, 0.25) is 0 Å². The standard InChI is InChI=1S/C18H25NO3/c1-21-14-9-10-15(17(12-14)22-2)16-8-5-11-19(16)18(20)13-6-3-4-7-13/h9-10,12-13,16H,3-8,11H2,1-2H3. The van der Waals surface area contributed by atoms with E-state index in [0.29, 0.717) is 5.91 Å². The van der Waals surface area contributed by atoms with Gasteiger partial charge >= 0.3 is 0 Å². The van der Waals surface area contributed by atoms with Crippen molar-refractivity contribution in [2.75, 3.05) is 20.8 Å². The second kappa shape index (κ2) is 6.59. The van der Waals surface area contributed by atoms with Crippen LogP contribution in [0.4, 0.5) is 0 Å². The van der Waals surface area contributed by atoms with Crippen LogP contribution in [-0.4, -0.2) is 31.6 Å². The highest BCUT2D eigenvalue weighted by molar-refractivity contribution is 5.80. The number of amides is 1. The van der Waals surface area contributed by atoms with Crippen LogP contribution in [0.1, 0.15) is 50.1 Å². The highest BCUT2D eigenvalue weighted by Gasteiger charge is 2.36. The van der Waals surface area contributed by atoms with E-state index in [2.05, 4.69) is 4.90 Å². The van der Waals surface area contributed by atoms with E-state index in [4.69, 9.17) is 9.47 Å². The Balaban J connectivity index is 1.84. The van der Waals surface area contributed by atoms with Crippen molar-refractivity contribution >= 4 is 5.91 Å². The molecule has 0 spiro atoms. The van der Waals surface area contributed by atoms with E-state index in [1.54, 1.807) is 14.2 Å². The van der Waals surface area contributed by atoms with Crippen molar-refractivity contribution in [2.45, 2.75) is 44.6 Å². The molecule has 0 aromatic heterocycles. The molecule has 3 rings (SSSR count). The Morgan fingerprint density at radius 2 is 1.86 bits per heavy atom. The number of nitrogens with zero attached hydrogens (tertiary/aromatic N) is 1. The molecule has 1 aromatic carbocycles. The summed E-state index contributed by atoms with van der Waals surface area (Å²) < 4.78 is 10.8. The van der Waals surface area contributed by atoms with Crippen molar-refractivity contribution in [3.63, 3.8) is 0 Å². The van der Waals surface area contributed by atoms with Crippen molar-refractivity contribution in [1.29, 1.82) is 0 Å². The van der Waals surface area contributed by atoms with Crippen LogP contribution >= 0.6 is 0 Å². The summed E-state index contributed by atoms with van der Waals surface area (Å²) in [5.74, 6) is 2.19. The highest BCUT2D eigenvalue weighted by atomic mass is 16.5. The first-order valence-corrected chi connectivity index (χ1v) is 8.27. The number of hydrogen-bond acceptors (Lipinski definition) is 3. The second-order valence-corrected chi connectivity index (χ2v) is 6.28. The van der Waals surface area contributed by atoms with Crippen LogP contribution in [0.25, 0.3) is 0 Å². The van der Waals surface area contributed by atoms with E-state index >= 15 is 0 Å². The SMILES string of the molecule is COc1ccc(C2CCCN2C(=O)C2CCCC2)c(OC)c1. The molecule has 120 valence electrons. The lowest BCUT2D eigenvalue weighted by Crippen LogP contribution is -2.35. The molecule has 1 amide bonds. The maximum atomic E-state index is 12.8. The number of likely N-dealkylation sites (tertiary alicyclic amines) is 1. The zero-order valence-corrected chi connectivity index (χ0v) is 13.5. The molecule has 22 heavy (non-hydrogen) atoms. The molecule has 1 atom stereocenters. The number of carbonyl (C=O) groups excluding carboxylic acids is 1. The minimum atomic E-state index is 0.147. The molecular formula is C18H25NO3. The van der Waals surface area contributed by atoms with E-state index in [9.17, 15) is 4.79 Å². The number of rotatable bonds is 4. The molecular weight excluding hydrogens is 278 g/mol. The zero-order chi connectivity index (χ0) is 15.5. The molecule has 1 saturated heterocycles. The van der Waals surface area contributed by atoms with Crippen molar-refractivity contribution in [1.82, 2.24) is 4.90 Å². The first-order valence-electron chi connectivity index (χ1n) is 8.27. The van der Waals surface area contributed by atoms with Gasteiger partial charge in [-0.05, 0) is 37.8 Å². The van der Waals surface area contributed by atoms with Crippen LogP contribution in [-0.2, 0) is 4.79 Å². The molecule has 4 nitrogen and oxygen atoms in total. The van der Waals surface area contributed by atoms with E-state index in [1.165, 1.54) is 12.8 Å². The van der Waals surface area contributed by atoms with Gasteiger partial charge in [0.25, 0.3) is 0 Å². The Hall–Kier alpha value is -1.71. The summed E-state index contributed by atoms with van der Waals surface area (Å²) in [6.45, 7) is 0.870. The van der Waals surface area contributed by atoms with Crippen LogP contribution in [0.15, 0.2) is 18.2 Å². The molecule has 1 unspecified atom stereocenters. The van der Waals surface area contributed by atoms with Crippen LogP contribution in [0.3, 0.4) is 0 Å². The Labute approximate surface area is 132 Å². The van der Waals surface area contributed by atoms with E-state index in [0.717, 1.165) is 49.3 Å². The number of ether oxygens (including phenoxy) is 2. The first kappa shape index (κ1) is 15.2. The van der Waals surface area contributed by atoms with Gasteiger partial charge in [0.05, 0.1) is 20.3 Å². The van der Waals surface area contributed by atoms with Crippen molar-refractivity contribution in [3.05, 3.63) is 23.8 Å². The lowest BCUT2D eigenvalue weighted by Gasteiger charge is -2.28. The van der Waals surface area contributed by atoms with Gasteiger partial charge in [0.2, 0.25) is 5.91 Å². The quantitative estimate of drug-likeness (QED) is 0.853. The third kappa shape index (κ3) is 2.79. The molecule has 1 heterocycles.